The zero-order valence-electron chi connectivity index (χ0n) is 10.6. The van der Waals surface area contributed by atoms with Crippen molar-refractivity contribution in [3.05, 3.63) is 57.8 Å². The first-order valence-electron chi connectivity index (χ1n) is 5.77. The number of rotatable bonds is 3. The van der Waals surface area contributed by atoms with Crippen LogP contribution in [0.5, 0.6) is 0 Å². The summed E-state index contributed by atoms with van der Waals surface area (Å²) in [5.74, 6) is -2.47. The van der Waals surface area contributed by atoms with Crippen LogP contribution in [0, 0.1) is 5.82 Å². The molecule has 0 aliphatic rings. The quantitative estimate of drug-likeness (QED) is 0.740. The molecule has 0 saturated heterocycles. The van der Waals surface area contributed by atoms with Crippen molar-refractivity contribution >= 4 is 39.2 Å². The molecular formula is C14H10BrFN2O3. The number of nitrogens with one attached hydrogen (secondary N) is 1. The van der Waals surface area contributed by atoms with Crippen molar-refractivity contribution in [3.63, 3.8) is 0 Å². The Morgan fingerprint density at radius 1 is 1.19 bits per heavy atom. The van der Waals surface area contributed by atoms with E-state index in [0.717, 1.165) is 6.07 Å². The molecule has 5 nitrogen and oxygen atoms in total. The highest BCUT2D eigenvalue weighted by Gasteiger charge is 2.14. The second-order valence-corrected chi connectivity index (χ2v) is 5.05. The van der Waals surface area contributed by atoms with Gasteiger partial charge in [0, 0.05) is 10.2 Å². The number of hydrogen-bond donors (Lipinski definition) is 3. The van der Waals surface area contributed by atoms with Crippen LogP contribution in [0.1, 0.15) is 20.7 Å². The number of carbonyl (C=O) groups excluding carboxylic acids is 1. The average molecular weight is 353 g/mol. The smallest absolute Gasteiger partial charge is 0.335 e. The Morgan fingerprint density at radius 3 is 2.48 bits per heavy atom. The Balaban J connectivity index is 2.25. The normalized spacial score (nSPS) is 10.2. The molecule has 2 aromatic carbocycles. The van der Waals surface area contributed by atoms with E-state index >= 15 is 0 Å². The van der Waals surface area contributed by atoms with Crippen molar-refractivity contribution in [2.24, 2.45) is 0 Å². The molecule has 0 radical (unpaired) electrons. The number of carboxylic acids is 1. The van der Waals surface area contributed by atoms with E-state index in [0.29, 0.717) is 10.2 Å². The lowest BCUT2D eigenvalue weighted by Gasteiger charge is -2.09. The van der Waals surface area contributed by atoms with Gasteiger partial charge in [-0.05, 0) is 52.3 Å². The van der Waals surface area contributed by atoms with E-state index in [9.17, 15) is 14.0 Å². The van der Waals surface area contributed by atoms with Crippen LogP contribution in [-0.4, -0.2) is 17.0 Å². The number of amides is 1. The van der Waals surface area contributed by atoms with Gasteiger partial charge in [-0.2, -0.15) is 0 Å². The van der Waals surface area contributed by atoms with Crippen LogP contribution >= 0.6 is 15.9 Å². The van der Waals surface area contributed by atoms with Gasteiger partial charge in [0.05, 0.1) is 16.8 Å². The van der Waals surface area contributed by atoms with Gasteiger partial charge in [-0.3, -0.25) is 4.79 Å². The summed E-state index contributed by atoms with van der Waals surface area (Å²) in [5, 5.41) is 11.3. The first-order valence-corrected chi connectivity index (χ1v) is 6.57. The van der Waals surface area contributed by atoms with E-state index in [4.69, 9.17) is 10.8 Å². The predicted molar refractivity (Wildman–Crippen MR) is 79.9 cm³/mol. The fraction of sp³-hybridized carbons (Fsp3) is 0. The third-order valence-corrected chi connectivity index (χ3v) is 3.36. The molecule has 21 heavy (non-hydrogen) atoms. The van der Waals surface area contributed by atoms with Crippen molar-refractivity contribution in [2.45, 2.75) is 0 Å². The van der Waals surface area contributed by atoms with Gasteiger partial charge >= 0.3 is 5.97 Å². The topological polar surface area (TPSA) is 92.4 Å². The predicted octanol–water partition coefficient (Wildman–Crippen LogP) is 3.12. The number of carbonyl (C=O) groups is 2. The van der Waals surface area contributed by atoms with Crippen LogP contribution in [-0.2, 0) is 0 Å². The number of carboxylic acid groups (broad SMARTS) is 1. The molecule has 4 N–H and O–H groups in total. The van der Waals surface area contributed by atoms with E-state index in [1.807, 2.05) is 0 Å². The van der Waals surface area contributed by atoms with Gasteiger partial charge in [0.2, 0.25) is 0 Å². The standard InChI is InChI=1S/C14H10BrFN2O3/c15-10-5-7(14(20)21)1-4-12(10)18-13(19)9-3-2-8(17)6-11(9)16/h1-6H,17H2,(H,18,19)(H,20,21). The van der Waals surface area contributed by atoms with Crippen LogP contribution < -0.4 is 11.1 Å². The van der Waals surface area contributed by atoms with Crippen molar-refractivity contribution < 1.29 is 19.1 Å². The summed E-state index contributed by atoms with van der Waals surface area (Å²) in [6.45, 7) is 0. The lowest BCUT2D eigenvalue weighted by atomic mass is 10.1. The first kappa shape index (κ1) is 15.0. The molecule has 0 fully saturated rings. The summed E-state index contributed by atoms with van der Waals surface area (Å²) in [5.41, 5.74) is 5.88. The second-order valence-electron chi connectivity index (χ2n) is 4.19. The SMILES string of the molecule is Nc1ccc(C(=O)Nc2ccc(C(=O)O)cc2Br)c(F)c1. The maximum atomic E-state index is 13.6. The number of halogens is 2. The van der Waals surface area contributed by atoms with Crippen LogP contribution in [0.15, 0.2) is 40.9 Å². The number of benzene rings is 2. The van der Waals surface area contributed by atoms with Crippen LogP contribution in [0.4, 0.5) is 15.8 Å². The summed E-state index contributed by atoms with van der Waals surface area (Å²) in [6.07, 6.45) is 0. The van der Waals surface area contributed by atoms with E-state index in [1.54, 1.807) is 0 Å². The molecule has 0 aliphatic carbocycles. The van der Waals surface area contributed by atoms with Gasteiger partial charge in [0.1, 0.15) is 5.82 Å². The molecule has 0 atom stereocenters. The number of nitrogens with two attached hydrogens (primary N) is 1. The summed E-state index contributed by atoms with van der Waals surface area (Å²) in [7, 11) is 0. The molecule has 0 saturated carbocycles. The van der Waals surface area contributed by atoms with Gasteiger partial charge in [-0.25, -0.2) is 9.18 Å². The van der Waals surface area contributed by atoms with Crippen molar-refractivity contribution in [1.82, 2.24) is 0 Å². The molecular weight excluding hydrogens is 343 g/mol. The molecule has 2 rings (SSSR count). The third kappa shape index (κ3) is 3.38. The summed E-state index contributed by atoms with van der Waals surface area (Å²) in [4.78, 5) is 22.8. The van der Waals surface area contributed by atoms with Crippen LogP contribution in [0.2, 0.25) is 0 Å². The zero-order chi connectivity index (χ0) is 15.6. The van der Waals surface area contributed by atoms with Crippen LogP contribution in [0.3, 0.4) is 0 Å². The van der Waals surface area contributed by atoms with E-state index < -0.39 is 17.7 Å². The lowest BCUT2D eigenvalue weighted by Crippen LogP contribution is -2.14. The Kier molecular flexibility index (Phi) is 4.23. The molecule has 0 heterocycles. The number of aromatic carboxylic acids is 1. The van der Waals surface area contributed by atoms with E-state index in [1.165, 1.54) is 30.3 Å². The maximum absolute atomic E-state index is 13.6. The summed E-state index contributed by atoms with van der Waals surface area (Å²) < 4.78 is 14.0. The van der Waals surface area contributed by atoms with Crippen LogP contribution in [0.25, 0.3) is 0 Å². The van der Waals surface area contributed by atoms with E-state index in [2.05, 4.69) is 21.2 Å². The van der Waals surface area contributed by atoms with E-state index in [-0.39, 0.29) is 16.8 Å². The molecule has 0 spiro atoms. The van der Waals surface area contributed by atoms with Crippen molar-refractivity contribution in [1.29, 1.82) is 0 Å². The molecule has 0 bridgehead atoms. The second kappa shape index (κ2) is 5.92. The molecule has 2 aromatic rings. The molecule has 108 valence electrons. The molecule has 1 amide bonds. The van der Waals surface area contributed by atoms with Gasteiger partial charge in [-0.15, -0.1) is 0 Å². The lowest BCUT2D eigenvalue weighted by molar-refractivity contribution is 0.0696. The Bertz CT molecular complexity index is 734. The number of nitrogen functional groups attached to an aromatic ring is 1. The van der Waals surface area contributed by atoms with Gasteiger partial charge in [0.25, 0.3) is 5.91 Å². The van der Waals surface area contributed by atoms with Crippen molar-refractivity contribution in [2.75, 3.05) is 11.1 Å². The Morgan fingerprint density at radius 2 is 1.90 bits per heavy atom. The minimum atomic E-state index is -1.09. The minimum absolute atomic E-state index is 0.0681. The fourth-order valence-corrected chi connectivity index (χ4v) is 2.13. The Hall–Kier alpha value is -2.41. The highest BCUT2D eigenvalue weighted by molar-refractivity contribution is 9.10. The highest BCUT2D eigenvalue weighted by Crippen LogP contribution is 2.25. The molecule has 0 aromatic heterocycles. The first-order chi connectivity index (χ1) is 9.88. The zero-order valence-corrected chi connectivity index (χ0v) is 12.1. The molecule has 0 aliphatic heterocycles. The highest BCUT2D eigenvalue weighted by atomic mass is 79.9. The molecule has 0 unspecified atom stereocenters. The third-order valence-electron chi connectivity index (χ3n) is 2.70. The van der Waals surface area contributed by atoms with Gasteiger partial charge < -0.3 is 16.2 Å². The van der Waals surface area contributed by atoms with Crippen molar-refractivity contribution in [3.8, 4) is 0 Å². The minimum Gasteiger partial charge on any atom is -0.478 e. The fourth-order valence-electron chi connectivity index (χ4n) is 1.65. The molecule has 7 heteroatoms. The monoisotopic (exact) mass is 352 g/mol. The summed E-state index contributed by atoms with van der Waals surface area (Å²) in [6, 6.07) is 7.84. The Labute approximate surface area is 127 Å². The van der Waals surface area contributed by atoms with Gasteiger partial charge in [-0.1, -0.05) is 0 Å². The largest absolute Gasteiger partial charge is 0.478 e. The number of anilines is 2. The number of hydrogen-bond acceptors (Lipinski definition) is 3. The summed E-state index contributed by atoms with van der Waals surface area (Å²) >= 11 is 3.15. The maximum Gasteiger partial charge on any atom is 0.335 e. The average Bonchev–Trinajstić information content (AvgIpc) is 2.40. The van der Waals surface area contributed by atoms with Gasteiger partial charge in [0.15, 0.2) is 0 Å².